The standard InChI is InChI=1S/C17H16FN3O2/c18-12-5-7-14(8-6-12)23-11-13(22)9-20-17-10-19-15-3-1-2-4-16(15)21-17/h1-8,10,13,22H,9,11H2,(H,20,21)/t13-/m1/s1. The first-order valence-electron chi connectivity index (χ1n) is 7.23. The SMILES string of the molecule is O[C@H](CNc1cnc2ccccc2n1)COc1ccc(F)cc1. The highest BCUT2D eigenvalue weighted by molar-refractivity contribution is 5.75. The van der Waals surface area contributed by atoms with Crippen LogP contribution in [0.5, 0.6) is 5.75 Å². The number of benzene rings is 2. The van der Waals surface area contributed by atoms with Gasteiger partial charge in [0.25, 0.3) is 0 Å². The Balaban J connectivity index is 1.51. The fraction of sp³-hybridized carbons (Fsp3) is 0.176. The van der Waals surface area contributed by atoms with E-state index in [1.165, 1.54) is 24.3 Å². The molecule has 2 N–H and O–H groups in total. The van der Waals surface area contributed by atoms with E-state index in [0.717, 1.165) is 11.0 Å². The van der Waals surface area contributed by atoms with E-state index in [0.29, 0.717) is 11.6 Å². The number of ether oxygens (including phenoxy) is 1. The van der Waals surface area contributed by atoms with Crippen molar-refractivity contribution >= 4 is 16.9 Å². The fourth-order valence-corrected chi connectivity index (χ4v) is 2.05. The van der Waals surface area contributed by atoms with E-state index in [1.807, 2.05) is 24.3 Å². The third kappa shape index (κ3) is 4.14. The van der Waals surface area contributed by atoms with Crippen LogP contribution in [0.25, 0.3) is 11.0 Å². The normalized spacial score (nSPS) is 12.1. The minimum atomic E-state index is -0.728. The number of halogens is 1. The minimum Gasteiger partial charge on any atom is -0.491 e. The molecule has 23 heavy (non-hydrogen) atoms. The number of aromatic nitrogens is 2. The van der Waals surface area contributed by atoms with Crippen LogP contribution >= 0.6 is 0 Å². The first-order valence-corrected chi connectivity index (χ1v) is 7.23. The van der Waals surface area contributed by atoms with Crippen molar-refractivity contribution in [2.45, 2.75) is 6.10 Å². The molecule has 0 aliphatic rings. The zero-order valence-electron chi connectivity index (χ0n) is 12.3. The lowest BCUT2D eigenvalue weighted by molar-refractivity contribution is 0.117. The minimum absolute atomic E-state index is 0.0969. The molecule has 0 aliphatic carbocycles. The van der Waals surface area contributed by atoms with E-state index in [9.17, 15) is 9.50 Å². The molecule has 0 amide bonds. The van der Waals surface area contributed by atoms with Gasteiger partial charge in [-0.1, -0.05) is 12.1 Å². The molecule has 0 saturated carbocycles. The van der Waals surface area contributed by atoms with Crippen molar-refractivity contribution in [3.05, 3.63) is 60.5 Å². The Morgan fingerprint density at radius 1 is 1.09 bits per heavy atom. The van der Waals surface area contributed by atoms with Crippen LogP contribution in [0.4, 0.5) is 10.2 Å². The molecule has 6 heteroatoms. The Bertz CT molecular complexity index is 780. The summed E-state index contributed by atoms with van der Waals surface area (Å²) >= 11 is 0. The van der Waals surface area contributed by atoms with Crippen molar-refractivity contribution in [1.29, 1.82) is 0 Å². The summed E-state index contributed by atoms with van der Waals surface area (Å²) in [4.78, 5) is 8.70. The number of nitrogens with zero attached hydrogens (tertiary/aromatic N) is 2. The van der Waals surface area contributed by atoms with E-state index in [1.54, 1.807) is 6.20 Å². The molecule has 1 aromatic heterocycles. The van der Waals surface area contributed by atoms with E-state index in [4.69, 9.17) is 4.74 Å². The van der Waals surface area contributed by atoms with Crippen molar-refractivity contribution < 1.29 is 14.2 Å². The van der Waals surface area contributed by atoms with E-state index < -0.39 is 6.10 Å². The van der Waals surface area contributed by atoms with Crippen molar-refractivity contribution in [2.24, 2.45) is 0 Å². The average Bonchev–Trinajstić information content (AvgIpc) is 2.59. The number of rotatable bonds is 6. The lowest BCUT2D eigenvalue weighted by Crippen LogP contribution is -2.26. The maximum atomic E-state index is 12.8. The van der Waals surface area contributed by atoms with Gasteiger partial charge >= 0.3 is 0 Å². The first kappa shape index (κ1) is 15.2. The zero-order valence-corrected chi connectivity index (χ0v) is 12.3. The van der Waals surface area contributed by atoms with Crippen molar-refractivity contribution in [3.63, 3.8) is 0 Å². The lowest BCUT2D eigenvalue weighted by Gasteiger charge is -2.13. The number of hydrogen-bond donors (Lipinski definition) is 2. The summed E-state index contributed by atoms with van der Waals surface area (Å²) in [5.41, 5.74) is 1.60. The summed E-state index contributed by atoms with van der Waals surface area (Å²) in [5, 5.41) is 12.9. The fourth-order valence-electron chi connectivity index (χ4n) is 2.05. The van der Waals surface area contributed by atoms with Crippen molar-refractivity contribution in [3.8, 4) is 5.75 Å². The second kappa shape index (κ2) is 7.02. The molecule has 0 aliphatic heterocycles. The maximum Gasteiger partial charge on any atom is 0.145 e. The molecule has 0 unspecified atom stereocenters. The molecule has 0 bridgehead atoms. The highest BCUT2D eigenvalue weighted by Crippen LogP contribution is 2.12. The van der Waals surface area contributed by atoms with Gasteiger partial charge in [-0.2, -0.15) is 0 Å². The topological polar surface area (TPSA) is 67.3 Å². The van der Waals surface area contributed by atoms with Gasteiger partial charge in [0.15, 0.2) is 0 Å². The molecule has 0 fully saturated rings. The Morgan fingerprint density at radius 2 is 1.83 bits per heavy atom. The summed E-state index contributed by atoms with van der Waals surface area (Å²) in [6.45, 7) is 0.369. The van der Waals surface area contributed by atoms with Gasteiger partial charge in [-0.25, -0.2) is 9.37 Å². The molecule has 1 atom stereocenters. The number of hydrogen-bond acceptors (Lipinski definition) is 5. The van der Waals surface area contributed by atoms with Gasteiger partial charge < -0.3 is 15.2 Å². The monoisotopic (exact) mass is 313 g/mol. The third-order valence-corrected chi connectivity index (χ3v) is 3.22. The molecule has 0 spiro atoms. The van der Waals surface area contributed by atoms with Crippen molar-refractivity contribution in [2.75, 3.05) is 18.5 Å². The first-order chi connectivity index (χ1) is 11.2. The molecule has 2 aromatic carbocycles. The lowest BCUT2D eigenvalue weighted by atomic mass is 10.3. The van der Waals surface area contributed by atoms with Gasteiger partial charge in [0.1, 0.15) is 30.1 Å². The Labute approximate surface area is 132 Å². The highest BCUT2D eigenvalue weighted by atomic mass is 19.1. The number of anilines is 1. The molecule has 118 valence electrons. The molecule has 3 aromatic rings. The zero-order chi connectivity index (χ0) is 16.1. The molecular formula is C17H16FN3O2. The van der Waals surface area contributed by atoms with E-state index in [2.05, 4.69) is 15.3 Å². The number of aliphatic hydroxyl groups is 1. The smallest absolute Gasteiger partial charge is 0.145 e. The number of fused-ring (bicyclic) bond motifs is 1. The van der Waals surface area contributed by atoms with Crippen LogP contribution in [0, 0.1) is 5.82 Å². The second-order valence-electron chi connectivity index (χ2n) is 5.04. The average molecular weight is 313 g/mol. The summed E-state index contributed by atoms with van der Waals surface area (Å²) < 4.78 is 18.2. The number of para-hydroxylation sites is 2. The third-order valence-electron chi connectivity index (χ3n) is 3.22. The molecule has 0 radical (unpaired) electrons. The molecule has 3 rings (SSSR count). The van der Waals surface area contributed by atoms with Crippen LogP contribution in [-0.2, 0) is 0 Å². The number of nitrogens with one attached hydrogen (secondary N) is 1. The Kier molecular flexibility index (Phi) is 4.63. The predicted molar refractivity (Wildman–Crippen MR) is 85.9 cm³/mol. The maximum absolute atomic E-state index is 12.8. The molecule has 1 heterocycles. The molecule has 5 nitrogen and oxygen atoms in total. The Morgan fingerprint density at radius 3 is 2.61 bits per heavy atom. The van der Waals surface area contributed by atoms with E-state index in [-0.39, 0.29) is 19.0 Å². The summed E-state index contributed by atoms with van der Waals surface area (Å²) in [6, 6.07) is 13.2. The van der Waals surface area contributed by atoms with Crippen LogP contribution in [0.3, 0.4) is 0 Å². The van der Waals surface area contributed by atoms with E-state index >= 15 is 0 Å². The highest BCUT2D eigenvalue weighted by Gasteiger charge is 2.07. The quantitative estimate of drug-likeness (QED) is 0.732. The van der Waals surface area contributed by atoms with Crippen molar-refractivity contribution in [1.82, 2.24) is 9.97 Å². The summed E-state index contributed by atoms with van der Waals surface area (Å²) in [6.07, 6.45) is 0.893. The van der Waals surface area contributed by atoms with Gasteiger partial charge in [-0.3, -0.25) is 4.98 Å². The number of aliphatic hydroxyl groups excluding tert-OH is 1. The Hall–Kier alpha value is -2.73. The van der Waals surface area contributed by atoms with Crippen LogP contribution < -0.4 is 10.1 Å². The van der Waals surface area contributed by atoms with Crippen LogP contribution in [0.1, 0.15) is 0 Å². The van der Waals surface area contributed by atoms with Crippen LogP contribution in [-0.4, -0.2) is 34.3 Å². The molecular weight excluding hydrogens is 297 g/mol. The van der Waals surface area contributed by atoms with Gasteiger partial charge in [-0.05, 0) is 36.4 Å². The van der Waals surface area contributed by atoms with Crippen LogP contribution in [0.15, 0.2) is 54.7 Å². The predicted octanol–water partition coefficient (Wildman–Crippen LogP) is 2.62. The molecule has 0 saturated heterocycles. The van der Waals surface area contributed by atoms with Crippen LogP contribution in [0.2, 0.25) is 0 Å². The summed E-state index contributed by atoms with van der Waals surface area (Å²) in [7, 11) is 0. The van der Waals surface area contributed by atoms with Gasteiger partial charge in [0, 0.05) is 6.54 Å². The second-order valence-corrected chi connectivity index (χ2v) is 5.04. The van der Waals surface area contributed by atoms with Gasteiger partial charge in [0.05, 0.1) is 17.2 Å². The largest absolute Gasteiger partial charge is 0.491 e. The summed E-state index contributed by atoms with van der Waals surface area (Å²) in [5.74, 6) is 0.773. The van der Waals surface area contributed by atoms with Gasteiger partial charge in [-0.15, -0.1) is 0 Å². The van der Waals surface area contributed by atoms with Gasteiger partial charge in [0.2, 0.25) is 0 Å².